The smallest absolute Gasteiger partial charge is 0.164 e. The van der Waals surface area contributed by atoms with Crippen molar-refractivity contribution in [2.24, 2.45) is 0 Å². The Morgan fingerprint density at radius 3 is 1.59 bits per heavy atom. The van der Waals surface area contributed by atoms with Gasteiger partial charge in [-0.15, -0.1) is 0 Å². The number of hydrogen-bond acceptors (Lipinski definition) is 6. The normalized spacial score (nSPS) is 9.93. The molecule has 29 heavy (non-hydrogen) atoms. The van der Waals surface area contributed by atoms with Gasteiger partial charge in [0.1, 0.15) is 0 Å². The molecule has 0 saturated carbocycles. The van der Waals surface area contributed by atoms with E-state index < -0.39 is 0 Å². The van der Waals surface area contributed by atoms with Crippen LogP contribution in [0, 0.1) is 0 Å². The van der Waals surface area contributed by atoms with E-state index in [1.165, 1.54) is 20.3 Å². The summed E-state index contributed by atoms with van der Waals surface area (Å²) in [4.78, 5) is 24.1. The molecule has 152 valence electrons. The van der Waals surface area contributed by atoms with Crippen LogP contribution in [-0.4, -0.2) is 40.0 Å². The van der Waals surface area contributed by atoms with E-state index in [4.69, 9.17) is 18.9 Å². The number of rotatable bonds is 10. The zero-order chi connectivity index (χ0) is 21.4. The van der Waals surface area contributed by atoms with E-state index >= 15 is 0 Å². The molecule has 0 fully saturated rings. The molecule has 0 aliphatic carbocycles. The topological polar surface area (TPSA) is 71.1 Å². The molecule has 0 unspecified atom stereocenters. The summed E-state index contributed by atoms with van der Waals surface area (Å²) in [5.41, 5.74) is 2.04. The summed E-state index contributed by atoms with van der Waals surface area (Å²) in [6.07, 6.45) is 2.32. The minimum atomic E-state index is -0.342. The number of ketones is 2. The monoisotopic (exact) mass is 396 g/mol. The lowest BCUT2D eigenvalue weighted by atomic mass is 9.95. The lowest BCUT2D eigenvalue weighted by Crippen LogP contribution is -2.04. The molecule has 0 aliphatic heterocycles. The molecule has 6 heteroatoms. The second-order valence-electron chi connectivity index (χ2n) is 6.01. The zero-order valence-corrected chi connectivity index (χ0v) is 17.0. The van der Waals surface area contributed by atoms with Crippen LogP contribution in [0.3, 0.4) is 0 Å². The minimum absolute atomic E-state index is 0.256. The number of carbonyl (C=O) groups is 2. The molecule has 0 bridgehead atoms. The van der Waals surface area contributed by atoms with Crippen LogP contribution in [-0.2, 0) is 9.59 Å². The van der Waals surface area contributed by atoms with Gasteiger partial charge in [-0.25, -0.2) is 0 Å². The summed E-state index contributed by atoms with van der Waals surface area (Å²) < 4.78 is 21.3. The quantitative estimate of drug-likeness (QED) is 0.449. The molecule has 2 aromatic carbocycles. The first-order valence-electron chi connectivity index (χ1n) is 8.82. The van der Waals surface area contributed by atoms with Crippen molar-refractivity contribution in [2.75, 3.05) is 28.4 Å². The lowest BCUT2D eigenvalue weighted by Gasteiger charge is -2.14. The zero-order valence-electron chi connectivity index (χ0n) is 17.0. The fraction of sp³-hybridized carbons (Fsp3) is 0.217. The summed E-state index contributed by atoms with van der Waals surface area (Å²) in [6, 6.07) is 10.7. The third-order valence-corrected chi connectivity index (χ3v) is 4.27. The Morgan fingerprint density at radius 2 is 1.21 bits per heavy atom. The van der Waals surface area contributed by atoms with Crippen molar-refractivity contribution in [3.8, 4) is 23.0 Å². The van der Waals surface area contributed by atoms with Gasteiger partial charge in [0.05, 0.1) is 34.9 Å². The fourth-order valence-electron chi connectivity index (χ4n) is 2.80. The van der Waals surface area contributed by atoms with Crippen molar-refractivity contribution in [1.29, 1.82) is 0 Å². The second kappa shape index (κ2) is 10.1. The highest BCUT2D eigenvalue weighted by Gasteiger charge is 2.15. The van der Waals surface area contributed by atoms with Gasteiger partial charge in [0.25, 0.3) is 0 Å². The first kappa shape index (κ1) is 21.8. The third-order valence-electron chi connectivity index (χ3n) is 4.27. The van der Waals surface area contributed by atoms with E-state index in [2.05, 4.69) is 6.58 Å². The highest BCUT2D eigenvalue weighted by molar-refractivity contribution is 6.11. The maximum absolute atomic E-state index is 12.5. The van der Waals surface area contributed by atoms with Crippen molar-refractivity contribution < 1.29 is 28.5 Å². The summed E-state index contributed by atoms with van der Waals surface area (Å²) in [7, 11) is 6.17. The van der Waals surface area contributed by atoms with Crippen molar-refractivity contribution in [3.05, 3.63) is 66.3 Å². The van der Waals surface area contributed by atoms with Crippen LogP contribution in [0.25, 0.3) is 5.57 Å². The molecule has 0 radical (unpaired) electrons. The van der Waals surface area contributed by atoms with Gasteiger partial charge in [-0.3, -0.25) is 9.59 Å². The molecule has 0 saturated heterocycles. The molecule has 2 aromatic rings. The molecule has 0 heterocycles. The van der Waals surface area contributed by atoms with Crippen molar-refractivity contribution in [1.82, 2.24) is 0 Å². The van der Waals surface area contributed by atoms with Crippen LogP contribution < -0.4 is 18.9 Å². The fourth-order valence-corrected chi connectivity index (χ4v) is 2.80. The highest BCUT2D eigenvalue weighted by atomic mass is 16.5. The van der Waals surface area contributed by atoms with E-state index in [0.717, 1.165) is 6.08 Å². The van der Waals surface area contributed by atoms with E-state index in [0.29, 0.717) is 39.7 Å². The Kier molecular flexibility index (Phi) is 7.60. The first-order chi connectivity index (χ1) is 14.0. The highest BCUT2D eigenvalue weighted by Crippen LogP contribution is 2.36. The molecule has 0 aromatic heterocycles. The molecule has 0 amide bonds. The van der Waals surface area contributed by atoms with Gasteiger partial charge in [0.2, 0.25) is 0 Å². The molecular weight excluding hydrogens is 372 g/mol. The van der Waals surface area contributed by atoms with E-state index in [9.17, 15) is 9.59 Å². The molecule has 6 nitrogen and oxygen atoms in total. The third kappa shape index (κ3) is 5.25. The Labute approximate surface area is 170 Å². The van der Waals surface area contributed by atoms with E-state index in [-0.39, 0.29) is 18.0 Å². The summed E-state index contributed by atoms with van der Waals surface area (Å²) >= 11 is 0. The van der Waals surface area contributed by atoms with Gasteiger partial charge < -0.3 is 18.9 Å². The van der Waals surface area contributed by atoms with Crippen molar-refractivity contribution in [3.63, 3.8) is 0 Å². The van der Waals surface area contributed by atoms with Crippen LogP contribution in [0.5, 0.6) is 23.0 Å². The Balaban J connectivity index is 2.62. The molecule has 0 spiro atoms. The van der Waals surface area contributed by atoms with Gasteiger partial charge in [0.15, 0.2) is 34.6 Å². The predicted molar refractivity (Wildman–Crippen MR) is 111 cm³/mol. The first-order valence-corrected chi connectivity index (χ1v) is 8.82. The standard InChI is InChI=1S/C23H24O6/c1-6-17(24)13-18(25)14-19(15-7-9-20(26-2)22(11-15)28-4)16-8-10-21(27-3)23(12-16)29-5/h6-12,14H,1,13H2,2-5H3. The Hall–Kier alpha value is -3.54. The van der Waals surface area contributed by atoms with Crippen molar-refractivity contribution >= 4 is 17.1 Å². The largest absolute Gasteiger partial charge is 0.493 e. The number of benzene rings is 2. The number of ether oxygens (including phenoxy) is 4. The number of methoxy groups -OCH3 is 4. The molecular formula is C23H24O6. The maximum Gasteiger partial charge on any atom is 0.164 e. The summed E-state index contributed by atoms with van der Waals surface area (Å²) in [5, 5.41) is 0. The number of hydrogen-bond donors (Lipinski definition) is 0. The average Bonchev–Trinajstić information content (AvgIpc) is 2.76. The number of carbonyl (C=O) groups excluding carboxylic acids is 2. The van der Waals surface area contributed by atoms with Gasteiger partial charge in [-0.05, 0) is 53.1 Å². The van der Waals surface area contributed by atoms with Crippen LogP contribution in [0.4, 0.5) is 0 Å². The van der Waals surface area contributed by atoms with Crippen LogP contribution in [0.1, 0.15) is 17.5 Å². The van der Waals surface area contributed by atoms with Crippen LogP contribution >= 0.6 is 0 Å². The van der Waals surface area contributed by atoms with Gasteiger partial charge in [-0.1, -0.05) is 18.7 Å². The minimum Gasteiger partial charge on any atom is -0.493 e. The predicted octanol–water partition coefficient (Wildman–Crippen LogP) is 3.87. The molecule has 2 rings (SSSR count). The Bertz CT molecular complexity index is 885. The van der Waals surface area contributed by atoms with E-state index in [1.807, 2.05) is 12.1 Å². The van der Waals surface area contributed by atoms with Gasteiger partial charge >= 0.3 is 0 Å². The second-order valence-corrected chi connectivity index (χ2v) is 6.01. The molecule has 0 atom stereocenters. The lowest BCUT2D eigenvalue weighted by molar-refractivity contribution is -0.121. The summed E-state index contributed by atoms with van der Waals surface area (Å²) in [5.74, 6) is 1.49. The van der Waals surface area contributed by atoms with Crippen molar-refractivity contribution in [2.45, 2.75) is 6.42 Å². The SMILES string of the molecule is C=CC(=O)CC(=O)C=C(c1ccc(OC)c(OC)c1)c1ccc(OC)c(OC)c1. The Morgan fingerprint density at radius 1 is 0.759 bits per heavy atom. The van der Waals surface area contributed by atoms with Crippen LogP contribution in [0.15, 0.2) is 55.1 Å². The number of allylic oxidation sites excluding steroid dienone is 2. The van der Waals surface area contributed by atoms with Gasteiger partial charge in [-0.2, -0.15) is 0 Å². The summed E-state index contributed by atoms with van der Waals surface area (Å²) in [6.45, 7) is 3.41. The van der Waals surface area contributed by atoms with Crippen LogP contribution in [0.2, 0.25) is 0 Å². The molecule has 0 N–H and O–H groups in total. The average molecular weight is 396 g/mol. The van der Waals surface area contributed by atoms with E-state index in [1.54, 1.807) is 38.5 Å². The van der Waals surface area contributed by atoms with Gasteiger partial charge in [0, 0.05) is 0 Å². The molecule has 0 aliphatic rings. The maximum atomic E-state index is 12.5.